The summed E-state index contributed by atoms with van der Waals surface area (Å²) in [5.74, 6) is -0.198. The van der Waals surface area contributed by atoms with E-state index in [1.54, 1.807) is 23.1 Å². The molecule has 5 heteroatoms. The van der Waals surface area contributed by atoms with Crippen LogP contribution in [0.1, 0.15) is 37.7 Å². The van der Waals surface area contributed by atoms with Crippen LogP contribution in [-0.4, -0.2) is 34.9 Å². The summed E-state index contributed by atoms with van der Waals surface area (Å²) in [7, 11) is 0. The molecule has 1 aliphatic rings. The third kappa shape index (κ3) is 4.48. The zero-order valence-corrected chi connectivity index (χ0v) is 12.4. The molecule has 5 nitrogen and oxygen atoms in total. The Morgan fingerprint density at radius 1 is 1.29 bits per heavy atom. The van der Waals surface area contributed by atoms with Crippen LogP contribution in [0.2, 0.25) is 0 Å². The Kier molecular flexibility index (Phi) is 5.20. The fourth-order valence-electron chi connectivity index (χ4n) is 2.50. The highest BCUT2D eigenvalue weighted by Gasteiger charge is 2.18. The zero-order chi connectivity index (χ0) is 15.2. The van der Waals surface area contributed by atoms with Crippen molar-refractivity contribution in [2.75, 3.05) is 18.4 Å². The van der Waals surface area contributed by atoms with E-state index in [9.17, 15) is 14.7 Å². The Balaban J connectivity index is 1.96. The molecule has 0 spiro atoms. The molecule has 0 atom stereocenters. The van der Waals surface area contributed by atoms with Gasteiger partial charge in [0.05, 0.1) is 12.2 Å². The number of nitrogens with zero attached hydrogens (tertiary/aromatic N) is 1. The maximum atomic E-state index is 12.1. The van der Waals surface area contributed by atoms with E-state index in [-0.39, 0.29) is 24.1 Å². The van der Waals surface area contributed by atoms with Gasteiger partial charge in [0.15, 0.2) is 0 Å². The van der Waals surface area contributed by atoms with E-state index in [0.717, 1.165) is 31.2 Å². The first-order chi connectivity index (χ1) is 10.1. The number of aromatic hydroxyl groups is 1. The largest absolute Gasteiger partial charge is 0.506 e. The van der Waals surface area contributed by atoms with Crippen LogP contribution in [-0.2, 0) is 9.59 Å². The van der Waals surface area contributed by atoms with Gasteiger partial charge in [0.1, 0.15) is 5.75 Å². The van der Waals surface area contributed by atoms with Crippen molar-refractivity contribution >= 4 is 17.5 Å². The molecule has 2 amide bonds. The van der Waals surface area contributed by atoms with Gasteiger partial charge in [0.25, 0.3) is 0 Å². The number of rotatable bonds is 3. The monoisotopic (exact) mass is 290 g/mol. The molecule has 0 bridgehead atoms. The average Bonchev–Trinajstić information content (AvgIpc) is 2.43. The fraction of sp³-hybridized carbons (Fsp3) is 0.500. The number of nitrogens with one attached hydrogen (secondary N) is 1. The third-order valence-corrected chi connectivity index (χ3v) is 3.68. The van der Waals surface area contributed by atoms with E-state index in [1.165, 1.54) is 0 Å². The van der Waals surface area contributed by atoms with Crippen molar-refractivity contribution in [3.05, 3.63) is 23.8 Å². The summed E-state index contributed by atoms with van der Waals surface area (Å²) in [5, 5.41) is 12.4. The van der Waals surface area contributed by atoms with Gasteiger partial charge in [-0.2, -0.15) is 0 Å². The minimum atomic E-state index is -0.273. The van der Waals surface area contributed by atoms with Crippen molar-refractivity contribution in [2.24, 2.45) is 0 Å². The van der Waals surface area contributed by atoms with E-state index in [2.05, 4.69) is 5.32 Å². The molecule has 1 aromatic carbocycles. The molecule has 0 aromatic heterocycles. The molecule has 1 aromatic rings. The average molecular weight is 290 g/mol. The van der Waals surface area contributed by atoms with E-state index < -0.39 is 0 Å². The van der Waals surface area contributed by atoms with Crippen LogP contribution in [0.15, 0.2) is 18.2 Å². The molecule has 2 rings (SSSR count). The van der Waals surface area contributed by atoms with Crippen molar-refractivity contribution < 1.29 is 14.7 Å². The molecule has 0 aliphatic carbocycles. The normalized spacial score (nSPS) is 16.2. The predicted octanol–water partition coefficient (Wildman–Crippen LogP) is 2.43. The lowest BCUT2D eigenvalue weighted by Crippen LogP contribution is -2.39. The van der Waals surface area contributed by atoms with Gasteiger partial charge in [0.2, 0.25) is 11.8 Å². The van der Waals surface area contributed by atoms with Gasteiger partial charge in [0, 0.05) is 13.0 Å². The van der Waals surface area contributed by atoms with Crippen molar-refractivity contribution in [1.82, 2.24) is 4.90 Å². The standard InChI is InChI=1S/C16H22N2O3/c1-12-7-8-14(19)13(10-12)17-15(20)11-18-9-5-3-2-4-6-16(18)21/h7-8,10,19H,2-6,9,11H2,1H3,(H,17,20). The molecule has 1 fully saturated rings. The number of phenolic OH excluding ortho intramolecular Hbond substituents is 1. The SMILES string of the molecule is Cc1ccc(O)c(NC(=O)CN2CCCCCCC2=O)c1. The predicted molar refractivity (Wildman–Crippen MR) is 81.1 cm³/mol. The van der Waals surface area contributed by atoms with Gasteiger partial charge >= 0.3 is 0 Å². The second-order valence-corrected chi connectivity index (χ2v) is 5.55. The molecule has 0 saturated carbocycles. The Hall–Kier alpha value is -2.04. The summed E-state index contributed by atoms with van der Waals surface area (Å²) < 4.78 is 0. The molecular weight excluding hydrogens is 268 g/mol. The topological polar surface area (TPSA) is 69.6 Å². The summed E-state index contributed by atoms with van der Waals surface area (Å²) in [6, 6.07) is 5.03. The molecule has 114 valence electrons. The number of carbonyl (C=O) groups is 2. The second-order valence-electron chi connectivity index (χ2n) is 5.55. The molecular formula is C16H22N2O3. The van der Waals surface area contributed by atoms with Crippen molar-refractivity contribution in [1.29, 1.82) is 0 Å². The Morgan fingerprint density at radius 2 is 2.05 bits per heavy atom. The first-order valence-corrected chi connectivity index (χ1v) is 7.43. The molecule has 1 heterocycles. The van der Waals surface area contributed by atoms with Gasteiger partial charge in [-0.3, -0.25) is 9.59 Å². The lowest BCUT2D eigenvalue weighted by atomic mass is 10.1. The minimum Gasteiger partial charge on any atom is -0.506 e. The molecule has 0 radical (unpaired) electrons. The van der Waals surface area contributed by atoms with Crippen LogP contribution < -0.4 is 5.32 Å². The number of benzene rings is 1. The van der Waals surface area contributed by atoms with E-state index >= 15 is 0 Å². The molecule has 0 unspecified atom stereocenters. The van der Waals surface area contributed by atoms with Crippen molar-refractivity contribution in [3.8, 4) is 5.75 Å². The van der Waals surface area contributed by atoms with Crippen LogP contribution in [0, 0.1) is 6.92 Å². The number of aryl methyl sites for hydroxylation is 1. The lowest BCUT2D eigenvalue weighted by molar-refractivity contribution is -0.135. The summed E-state index contributed by atoms with van der Waals surface area (Å²) in [4.78, 5) is 25.7. The number of anilines is 1. The quantitative estimate of drug-likeness (QED) is 0.840. The van der Waals surface area contributed by atoms with Crippen molar-refractivity contribution in [2.45, 2.75) is 39.0 Å². The zero-order valence-electron chi connectivity index (χ0n) is 12.4. The number of likely N-dealkylation sites (tertiary alicyclic amines) is 1. The third-order valence-electron chi connectivity index (χ3n) is 3.68. The molecule has 1 saturated heterocycles. The maximum Gasteiger partial charge on any atom is 0.244 e. The number of hydrogen-bond donors (Lipinski definition) is 2. The number of amides is 2. The van der Waals surface area contributed by atoms with Crippen LogP contribution in [0.5, 0.6) is 5.75 Å². The Morgan fingerprint density at radius 3 is 2.86 bits per heavy atom. The van der Waals surface area contributed by atoms with Crippen LogP contribution in [0.3, 0.4) is 0 Å². The minimum absolute atomic E-state index is 0.0351. The summed E-state index contributed by atoms with van der Waals surface area (Å²) in [6.07, 6.45) is 4.54. The summed E-state index contributed by atoms with van der Waals surface area (Å²) in [6.45, 7) is 2.56. The lowest BCUT2D eigenvalue weighted by Gasteiger charge is -2.24. The van der Waals surface area contributed by atoms with Gasteiger partial charge in [-0.05, 0) is 37.5 Å². The van der Waals surface area contributed by atoms with E-state index in [4.69, 9.17) is 0 Å². The number of carbonyl (C=O) groups excluding carboxylic acids is 2. The molecule has 2 N–H and O–H groups in total. The van der Waals surface area contributed by atoms with Crippen LogP contribution >= 0.6 is 0 Å². The molecule has 1 aliphatic heterocycles. The number of hydrogen-bond acceptors (Lipinski definition) is 3. The Labute approximate surface area is 125 Å². The summed E-state index contributed by atoms with van der Waals surface area (Å²) in [5.41, 5.74) is 1.34. The van der Waals surface area contributed by atoms with E-state index in [1.807, 2.05) is 6.92 Å². The summed E-state index contributed by atoms with van der Waals surface area (Å²) >= 11 is 0. The highest BCUT2D eigenvalue weighted by molar-refractivity contribution is 5.95. The van der Waals surface area contributed by atoms with Gasteiger partial charge < -0.3 is 15.3 Å². The first kappa shape index (κ1) is 15.4. The molecule has 21 heavy (non-hydrogen) atoms. The van der Waals surface area contributed by atoms with Crippen molar-refractivity contribution in [3.63, 3.8) is 0 Å². The van der Waals surface area contributed by atoms with Gasteiger partial charge in [-0.25, -0.2) is 0 Å². The maximum absolute atomic E-state index is 12.1. The van der Waals surface area contributed by atoms with Gasteiger partial charge in [-0.1, -0.05) is 18.9 Å². The highest BCUT2D eigenvalue weighted by atomic mass is 16.3. The number of phenols is 1. The van der Waals surface area contributed by atoms with E-state index in [0.29, 0.717) is 18.7 Å². The van der Waals surface area contributed by atoms with Crippen LogP contribution in [0.25, 0.3) is 0 Å². The second kappa shape index (κ2) is 7.11. The fourth-order valence-corrected chi connectivity index (χ4v) is 2.50. The smallest absolute Gasteiger partial charge is 0.244 e. The van der Waals surface area contributed by atoms with Crippen LogP contribution in [0.4, 0.5) is 5.69 Å². The first-order valence-electron chi connectivity index (χ1n) is 7.43. The van der Waals surface area contributed by atoms with Gasteiger partial charge in [-0.15, -0.1) is 0 Å². The Bertz CT molecular complexity index is 528. The highest BCUT2D eigenvalue weighted by Crippen LogP contribution is 2.23.